The maximum atomic E-state index is 14.0. The molecule has 210 valence electrons. The lowest BCUT2D eigenvalue weighted by atomic mass is 9.99. The number of rotatable bonds is 9. The number of nitrogens with zero attached hydrogens (tertiary/aromatic N) is 2. The number of nitrogens with one attached hydrogen (secondary N) is 1. The molecule has 2 atom stereocenters. The third-order valence-corrected chi connectivity index (χ3v) is 6.43. The van der Waals surface area contributed by atoms with Gasteiger partial charge in [0.1, 0.15) is 11.6 Å². The van der Waals surface area contributed by atoms with Gasteiger partial charge in [0, 0.05) is 37.2 Å². The number of hydrogen-bond donors (Lipinski definition) is 2. The van der Waals surface area contributed by atoms with Gasteiger partial charge in [-0.15, -0.1) is 0 Å². The molecule has 0 radical (unpaired) electrons. The first-order valence-electron chi connectivity index (χ1n) is 12.2. The van der Waals surface area contributed by atoms with Crippen LogP contribution in [0.25, 0.3) is 6.08 Å². The molecule has 12 heteroatoms. The van der Waals surface area contributed by atoms with Gasteiger partial charge in [-0.05, 0) is 55.8 Å². The Kier molecular flexibility index (Phi) is 9.79. The van der Waals surface area contributed by atoms with E-state index in [0.29, 0.717) is 37.2 Å². The summed E-state index contributed by atoms with van der Waals surface area (Å²) in [6.45, 7) is 2.63. The first-order valence-corrected chi connectivity index (χ1v) is 12.2. The Labute approximate surface area is 221 Å². The minimum absolute atomic E-state index is 0.00298. The van der Waals surface area contributed by atoms with E-state index in [1.165, 1.54) is 12.1 Å². The zero-order valence-electron chi connectivity index (χ0n) is 21.0. The number of carbonyl (C=O) groups excluding carboxylic acids is 2. The van der Waals surface area contributed by atoms with Crippen LogP contribution < -0.4 is 5.32 Å². The van der Waals surface area contributed by atoms with Gasteiger partial charge in [0.15, 0.2) is 0 Å². The highest BCUT2D eigenvalue weighted by molar-refractivity contribution is 5.94. The maximum absolute atomic E-state index is 14.0. The van der Waals surface area contributed by atoms with Crippen LogP contribution in [0.5, 0.6) is 0 Å². The Balaban J connectivity index is 1.66. The Hall–Kier alpha value is -3.80. The van der Waals surface area contributed by atoms with Crippen molar-refractivity contribution < 1.29 is 41.4 Å². The number of halogens is 5. The SMILES string of the molecule is C[C@@H]1CN(C(=O)CNC(=O)/C=C/c2ccc(C(F)(F)F)cc2F)[C@@H](c2ccc(F)cc2)CN1CCCC(=O)O. The van der Waals surface area contributed by atoms with Crippen LogP contribution in [-0.4, -0.2) is 64.9 Å². The number of carboxylic acid groups (broad SMARTS) is 1. The Bertz CT molecular complexity index is 1220. The van der Waals surface area contributed by atoms with Crippen molar-refractivity contribution in [1.82, 2.24) is 15.1 Å². The molecule has 2 aromatic carbocycles. The predicted octanol–water partition coefficient (Wildman–Crippen LogP) is 4.25. The second kappa shape index (κ2) is 12.8. The fraction of sp³-hybridized carbons (Fsp3) is 0.370. The molecule has 0 aliphatic carbocycles. The lowest BCUT2D eigenvalue weighted by Gasteiger charge is -2.45. The van der Waals surface area contributed by atoms with E-state index < -0.39 is 53.7 Å². The highest BCUT2D eigenvalue weighted by Crippen LogP contribution is 2.31. The summed E-state index contributed by atoms with van der Waals surface area (Å²) in [6, 6.07) is 7.01. The summed E-state index contributed by atoms with van der Waals surface area (Å²) in [4.78, 5) is 39.9. The minimum atomic E-state index is -4.70. The van der Waals surface area contributed by atoms with Crippen LogP contribution in [-0.2, 0) is 20.6 Å². The predicted molar refractivity (Wildman–Crippen MR) is 132 cm³/mol. The van der Waals surface area contributed by atoms with Gasteiger partial charge < -0.3 is 15.3 Å². The largest absolute Gasteiger partial charge is 0.481 e. The summed E-state index contributed by atoms with van der Waals surface area (Å²) in [6.07, 6.45) is -2.35. The third-order valence-electron chi connectivity index (χ3n) is 6.43. The molecule has 1 saturated heterocycles. The molecule has 1 aliphatic rings. The Morgan fingerprint density at radius 3 is 2.38 bits per heavy atom. The summed E-state index contributed by atoms with van der Waals surface area (Å²) in [5.41, 5.74) is -0.711. The molecule has 2 amide bonds. The molecule has 0 saturated carbocycles. The van der Waals surface area contributed by atoms with E-state index in [1.54, 1.807) is 17.0 Å². The van der Waals surface area contributed by atoms with E-state index in [4.69, 9.17) is 5.11 Å². The van der Waals surface area contributed by atoms with Crippen molar-refractivity contribution in [2.75, 3.05) is 26.2 Å². The standard InChI is InChI=1S/C27H28F5N3O4/c1-17-15-35(23(19-5-9-21(28)10-6-19)16-34(17)12-2-3-26(38)39)25(37)14-33-24(36)11-7-18-4-8-20(13-22(18)29)27(30,31)32/h4-11,13,17,23H,2-3,12,14-16H2,1H3,(H,33,36)(H,38,39)/b11-7+/t17-,23-/m1/s1. The second-order valence-electron chi connectivity index (χ2n) is 9.24. The molecule has 39 heavy (non-hydrogen) atoms. The molecule has 2 N–H and O–H groups in total. The number of carboxylic acids is 1. The van der Waals surface area contributed by atoms with E-state index in [0.717, 1.165) is 18.2 Å². The van der Waals surface area contributed by atoms with Gasteiger partial charge in [-0.2, -0.15) is 13.2 Å². The van der Waals surface area contributed by atoms with Crippen molar-refractivity contribution in [1.29, 1.82) is 0 Å². The van der Waals surface area contributed by atoms with E-state index in [9.17, 15) is 36.3 Å². The van der Waals surface area contributed by atoms with Crippen LogP contribution >= 0.6 is 0 Å². The summed E-state index contributed by atoms with van der Waals surface area (Å²) in [7, 11) is 0. The topological polar surface area (TPSA) is 90.0 Å². The van der Waals surface area contributed by atoms with Gasteiger partial charge in [0.05, 0.1) is 18.2 Å². The summed E-state index contributed by atoms with van der Waals surface area (Å²) in [5, 5.41) is 11.3. The highest BCUT2D eigenvalue weighted by atomic mass is 19.4. The van der Waals surface area contributed by atoms with E-state index in [-0.39, 0.29) is 24.6 Å². The van der Waals surface area contributed by atoms with Gasteiger partial charge in [-0.1, -0.05) is 18.2 Å². The lowest BCUT2D eigenvalue weighted by Crippen LogP contribution is -2.56. The van der Waals surface area contributed by atoms with Crippen LogP contribution in [0.4, 0.5) is 22.0 Å². The monoisotopic (exact) mass is 553 g/mol. The number of amides is 2. The van der Waals surface area contributed by atoms with Crippen LogP contribution in [0.2, 0.25) is 0 Å². The molecular formula is C27H28F5N3O4. The van der Waals surface area contributed by atoms with Crippen molar-refractivity contribution in [2.45, 2.75) is 38.0 Å². The normalized spacial score (nSPS) is 18.4. The van der Waals surface area contributed by atoms with Gasteiger partial charge in [0.2, 0.25) is 11.8 Å². The number of hydrogen-bond acceptors (Lipinski definition) is 4. The van der Waals surface area contributed by atoms with E-state index >= 15 is 0 Å². The lowest BCUT2D eigenvalue weighted by molar-refractivity contribution is -0.139. The molecule has 7 nitrogen and oxygen atoms in total. The second-order valence-corrected chi connectivity index (χ2v) is 9.24. The van der Waals surface area contributed by atoms with Gasteiger partial charge >= 0.3 is 12.1 Å². The first kappa shape index (κ1) is 29.8. The quantitative estimate of drug-likeness (QED) is 0.358. The van der Waals surface area contributed by atoms with E-state index in [2.05, 4.69) is 10.2 Å². The molecule has 0 spiro atoms. The van der Waals surface area contributed by atoms with Crippen LogP contribution in [0, 0.1) is 11.6 Å². The smallest absolute Gasteiger partial charge is 0.416 e. The van der Waals surface area contributed by atoms with Crippen LogP contribution in [0.1, 0.15) is 42.5 Å². The molecular weight excluding hydrogens is 525 g/mol. The van der Waals surface area contributed by atoms with Crippen molar-refractivity contribution in [3.05, 3.63) is 76.9 Å². The van der Waals surface area contributed by atoms with E-state index in [1.807, 2.05) is 6.92 Å². The number of carbonyl (C=O) groups is 3. The van der Waals surface area contributed by atoms with Crippen molar-refractivity contribution >= 4 is 23.9 Å². The van der Waals surface area contributed by atoms with Gasteiger partial charge in [0.25, 0.3) is 0 Å². The summed E-state index contributed by atoms with van der Waals surface area (Å²) < 4.78 is 65.6. The molecule has 0 unspecified atom stereocenters. The Morgan fingerprint density at radius 1 is 1.08 bits per heavy atom. The molecule has 2 aromatic rings. The van der Waals surface area contributed by atoms with Crippen LogP contribution in [0.3, 0.4) is 0 Å². The highest BCUT2D eigenvalue weighted by Gasteiger charge is 2.35. The molecule has 0 bridgehead atoms. The number of aliphatic carboxylic acids is 1. The van der Waals surface area contributed by atoms with Gasteiger partial charge in [-0.25, -0.2) is 8.78 Å². The molecule has 0 aromatic heterocycles. The average molecular weight is 554 g/mol. The fourth-order valence-corrected chi connectivity index (χ4v) is 4.35. The first-order chi connectivity index (χ1) is 18.3. The van der Waals surface area contributed by atoms with Crippen LogP contribution in [0.15, 0.2) is 48.5 Å². The fourth-order valence-electron chi connectivity index (χ4n) is 4.35. The molecule has 1 heterocycles. The minimum Gasteiger partial charge on any atom is -0.481 e. The van der Waals surface area contributed by atoms with Gasteiger partial charge in [-0.3, -0.25) is 19.3 Å². The molecule has 1 fully saturated rings. The zero-order chi connectivity index (χ0) is 28.7. The zero-order valence-corrected chi connectivity index (χ0v) is 21.0. The molecule has 1 aliphatic heterocycles. The average Bonchev–Trinajstić information content (AvgIpc) is 2.87. The Morgan fingerprint density at radius 2 is 1.77 bits per heavy atom. The third kappa shape index (κ3) is 8.34. The summed E-state index contributed by atoms with van der Waals surface area (Å²) in [5.74, 6) is -3.67. The number of piperazine rings is 1. The van der Waals surface area contributed by atoms with Crippen molar-refractivity contribution in [2.24, 2.45) is 0 Å². The maximum Gasteiger partial charge on any atom is 0.416 e. The van der Waals surface area contributed by atoms with Crippen molar-refractivity contribution in [3.63, 3.8) is 0 Å². The summed E-state index contributed by atoms with van der Waals surface area (Å²) >= 11 is 0. The van der Waals surface area contributed by atoms with Crippen molar-refractivity contribution in [3.8, 4) is 0 Å². The number of benzene rings is 2. The number of alkyl halides is 3. The molecule has 3 rings (SSSR count).